The molecule has 1 atom stereocenters. The SMILES string of the molecule is CC[C@@H](Oc1ccc(C)c(C)c1)C(=O)Nc1ccccc1C(=O)NC1CCCCC1. The summed E-state index contributed by atoms with van der Waals surface area (Å²) in [5.74, 6) is 0.276. The molecule has 2 N–H and O–H groups in total. The molecule has 160 valence electrons. The van der Waals surface area contributed by atoms with Crippen molar-refractivity contribution in [2.75, 3.05) is 5.32 Å². The maximum absolute atomic E-state index is 12.9. The summed E-state index contributed by atoms with van der Waals surface area (Å²) >= 11 is 0. The molecule has 0 unspecified atom stereocenters. The lowest BCUT2D eigenvalue weighted by molar-refractivity contribution is -0.122. The Bertz CT molecular complexity index is 888. The van der Waals surface area contributed by atoms with Crippen LogP contribution < -0.4 is 15.4 Å². The zero-order valence-electron chi connectivity index (χ0n) is 18.2. The number of nitrogens with one attached hydrogen (secondary N) is 2. The number of rotatable bonds is 7. The summed E-state index contributed by atoms with van der Waals surface area (Å²) in [5.41, 5.74) is 3.29. The maximum Gasteiger partial charge on any atom is 0.265 e. The number of ether oxygens (including phenoxy) is 1. The van der Waals surface area contributed by atoms with Crippen molar-refractivity contribution in [2.45, 2.75) is 71.4 Å². The number of hydrogen-bond donors (Lipinski definition) is 2. The fraction of sp³-hybridized carbons (Fsp3) is 0.440. The van der Waals surface area contributed by atoms with Crippen molar-refractivity contribution >= 4 is 17.5 Å². The lowest BCUT2D eigenvalue weighted by Crippen LogP contribution is -2.37. The predicted octanol–water partition coefficient (Wildman–Crippen LogP) is 5.16. The molecule has 0 radical (unpaired) electrons. The van der Waals surface area contributed by atoms with Crippen molar-refractivity contribution in [3.63, 3.8) is 0 Å². The third-order valence-corrected chi connectivity index (χ3v) is 5.79. The number of aryl methyl sites for hydroxylation is 2. The van der Waals surface area contributed by atoms with E-state index in [1.54, 1.807) is 12.1 Å². The van der Waals surface area contributed by atoms with Crippen molar-refractivity contribution in [3.8, 4) is 5.75 Å². The van der Waals surface area contributed by atoms with Gasteiger partial charge in [-0.05, 0) is 68.5 Å². The van der Waals surface area contributed by atoms with Gasteiger partial charge < -0.3 is 15.4 Å². The molecule has 0 bridgehead atoms. The summed E-state index contributed by atoms with van der Waals surface area (Å²) in [6, 6.07) is 13.2. The van der Waals surface area contributed by atoms with Crippen LogP contribution in [0.15, 0.2) is 42.5 Å². The Morgan fingerprint density at radius 1 is 1.03 bits per heavy atom. The minimum absolute atomic E-state index is 0.138. The number of para-hydroxylation sites is 1. The Kier molecular flexibility index (Phi) is 7.50. The number of carbonyl (C=O) groups excluding carboxylic acids is 2. The summed E-state index contributed by atoms with van der Waals surface area (Å²) in [5, 5.41) is 6.02. The van der Waals surface area contributed by atoms with Crippen LogP contribution in [0.25, 0.3) is 0 Å². The van der Waals surface area contributed by atoms with Crippen LogP contribution in [0.2, 0.25) is 0 Å². The van der Waals surface area contributed by atoms with Crippen LogP contribution in [0.1, 0.15) is 66.9 Å². The molecule has 5 nitrogen and oxygen atoms in total. The molecule has 0 heterocycles. The van der Waals surface area contributed by atoms with Crippen LogP contribution in [0.4, 0.5) is 5.69 Å². The third kappa shape index (κ3) is 5.62. The Balaban J connectivity index is 1.68. The topological polar surface area (TPSA) is 67.4 Å². The molecule has 2 aromatic carbocycles. The quantitative estimate of drug-likeness (QED) is 0.665. The van der Waals surface area contributed by atoms with Crippen molar-refractivity contribution in [1.82, 2.24) is 5.32 Å². The first-order valence-corrected chi connectivity index (χ1v) is 10.9. The van der Waals surface area contributed by atoms with Gasteiger partial charge in [-0.15, -0.1) is 0 Å². The molecule has 3 rings (SSSR count). The van der Waals surface area contributed by atoms with Gasteiger partial charge in [0.2, 0.25) is 0 Å². The van der Waals surface area contributed by atoms with E-state index in [2.05, 4.69) is 10.6 Å². The summed E-state index contributed by atoms with van der Waals surface area (Å²) in [4.78, 5) is 25.7. The van der Waals surface area contributed by atoms with Crippen LogP contribution >= 0.6 is 0 Å². The van der Waals surface area contributed by atoms with E-state index in [1.807, 2.05) is 51.1 Å². The molecule has 2 aromatic rings. The highest BCUT2D eigenvalue weighted by atomic mass is 16.5. The molecule has 0 saturated heterocycles. The minimum Gasteiger partial charge on any atom is -0.481 e. The molecule has 5 heteroatoms. The van der Waals surface area contributed by atoms with Gasteiger partial charge in [-0.25, -0.2) is 0 Å². The number of anilines is 1. The zero-order chi connectivity index (χ0) is 21.5. The molecule has 2 amide bonds. The monoisotopic (exact) mass is 408 g/mol. The molecule has 1 saturated carbocycles. The number of amides is 2. The van der Waals surface area contributed by atoms with Gasteiger partial charge in [0.1, 0.15) is 5.75 Å². The van der Waals surface area contributed by atoms with E-state index in [0.29, 0.717) is 23.4 Å². The van der Waals surface area contributed by atoms with Crippen LogP contribution in [-0.4, -0.2) is 24.0 Å². The third-order valence-electron chi connectivity index (χ3n) is 5.79. The second-order valence-electron chi connectivity index (χ2n) is 8.10. The molecular formula is C25H32N2O3. The average Bonchev–Trinajstić information content (AvgIpc) is 2.75. The van der Waals surface area contributed by atoms with Crippen molar-refractivity contribution in [2.24, 2.45) is 0 Å². The van der Waals surface area contributed by atoms with Crippen LogP contribution in [0, 0.1) is 13.8 Å². The van der Waals surface area contributed by atoms with E-state index in [0.717, 1.165) is 31.2 Å². The predicted molar refractivity (Wildman–Crippen MR) is 120 cm³/mol. The summed E-state index contributed by atoms with van der Waals surface area (Å²) < 4.78 is 5.94. The van der Waals surface area contributed by atoms with Gasteiger partial charge in [-0.1, -0.05) is 44.4 Å². The van der Waals surface area contributed by atoms with E-state index < -0.39 is 6.10 Å². The first-order chi connectivity index (χ1) is 14.5. The van der Waals surface area contributed by atoms with Gasteiger partial charge in [0.25, 0.3) is 11.8 Å². The van der Waals surface area contributed by atoms with Crippen molar-refractivity contribution in [1.29, 1.82) is 0 Å². The Morgan fingerprint density at radius 3 is 2.47 bits per heavy atom. The van der Waals surface area contributed by atoms with Gasteiger partial charge in [-0.2, -0.15) is 0 Å². The van der Waals surface area contributed by atoms with Crippen LogP contribution in [0.5, 0.6) is 5.75 Å². The fourth-order valence-electron chi connectivity index (χ4n) is 3.79. The van der Waals surface area contributed by atoms with Gasteiger partial charge in [0, 0.05) is 6.04 Å². The van der Waals surface area contributed by atoms with E-state index >= 15 is 0 Å². The minimum atomic E-state index is -0.637. The summed E-state index contributed by atoms with van der Waals surface area (Å²) in [6.45, 7) is 5.97. The normalized spacial score (nSPS) is 15.3. The van der Waals surface area contributed by atoms with Crippen LogP contribution in [0.3, 0.4) is 0 Å². The van der Waals surface area contributed by atoms with Gasteiger partial charge in [-0.3, -0.25) is 9.59 Å². The van der Waals surface area contributed by atoms with E-state index in [1.165, 1.54) is 12.0 Å². The van der Waals surface area contributed by atoms with Crippen molar-refractivity contribution < 1.29 is 14.3 Å². The molecule has 0 spiro atoms. The first kappa shape index (κ1) is 21.9. The molecule has 30 heavy (non-hydrogen) atoms. The van der Waals surface area contributed by atoms with E-state index in [9.17, 15) is 9.59 Å². The first-order valence-electron chi connectivity index (χ1n) is 10.9. The molecule has 0 aromatic heterocycles. The Hall–Kier alpha value is -2.82. The highest BCUT2D eigenvalue weighted by molar-refractivity contribution is 6.04. The second-order valence-corrected chi connectivity index (χ2v) is 8.10. The zero-order valence-corrected chi connectivity index (χ0v) is 18.2. The molecule has 1 fully saturated rings. The molecule has 1 aliphatic carbocycles. The summed E-state index contributed by atoms with van der Waals surface area (Å²) in [6.07, 6.45) is 5.45. The fourth-order valence-corrected chi connectivity index (χ4v) is 3.79. The van der Waals surface area contributed by atoms with Gasteiger partial charge in [0.15, 0.2) is 6.10 Å². The standard InChI is InChI=1S/C25H32N2O3/c1-4-23(30-20-15-14-17(2)18(3)16-20)25(29)27-22-13-9-8-12-21(22)24(28)26-19-10-6-5-7-11-19/h8-9,12-16,19,23H,4-7,10-11H2,1-3H3,(H,26,28)(H,27,29)/t23-/m1/s1. The van der Waals surface area contributed by atoms with Gasteiger partial charge >= 0.3 is 0 Å². The lowest BCUT2D eigenvalue weighted by Gasteiger charge is -2.23. The highest BCUT2D eigenvalue weighted by Gasteiger charge is 2.22. The highest BCUT2D eigenvalue weighted by Crippen LogP contribution is 2.22. The smallest absolute Gasteiger partial charge is 0.265 e. The van der Waals surface area contributed by atoms with E-state index in [-0.39, 0.29) is 17.9 Å². The van der Waals surface area contributed by atoms with Gasteiger partial charge in [0.05, 0.1) is 11.3 Å². The molecule has 0 aliphatic heterocycles. The largest absolute Gasteiger partial charge is 0.481 e. The number of benzene rings is 2. The Labute approximate surface area is 179 Å². The second kappa shape index (κ2) is 10.3. The average molecular weight is 409 g/mol. The lowest BCUT2D eigenvalue weighted by atomic mass is 9.95. The summed E-state index contributed by atoms with van der Waals surface area (Å²) in [7, 11) is 0. The number of carbonyl (C=O) groups is 2. The van der Waals surface area contributed by atoms with Crippen molar-refractivity contribution in [3.05, 3.63) is 59.2 Å². The number of hydrogen-bond acceptors (Lipinski definition) is 3. The molecular weight excluding hydrogens is 376 g/mol. The Morgan fingerprint density at radius 2 is 1.77 bits per heavy atom. The maximum atomic E-state index is 12.9. The molecule has 1 aliphatic rings. The van der Waals surface area contributed by atoms with Crippen LogP contribution in [-0.2, 0) is 4.79 Å². The van der Waals surface area contributed by atoms with E-state index in [4.69, 9.17) is 4.74 Å².